The third-order valence-corrected chi connectivity index (χ3v) is 11.8. The van der Waals surface area contributed by atoms with Gasteiger partial charge in [0.1, 0.15) is 41.9 Å². The molecule has 26 nitrogen and oxygen atoms in total. The molecule has 74 heavy (non-hydrogen) atoms. The van der Waals surface area contributed by atoms with Crippen molar-refractivity contribution in [2.75, 3.05) is 50.4 Å². The summed E-state index contributed by atoms with van der Waals surface area (Å²) in [6.07, 6.45) is 2.12. The Hall–Kier alpha value is -7.81. The largest absolute Gasteiger partial charge is 0.398 e. The lowest BCUT2D eigenvalue weighted by atomic mass is 9.96. The van der Waals surface area contributed by atoms with Gasteiger partial charge in [0.2, 0.25) is 35.4 Å². The van der Waals surface area contributed by atoms with Gasteiger partial charge in [-0.15, -0.1) is 0 Å². The van der Waals surface area contributed by atoms with Gasteiger partial charge in [0.05, 0.1) is 34.7 Å². The van der Waals surface area contributed by atoms with E-state index < -0.39 is 118 Å². The molecule has 7 atom stereocenters. The summed E-state index contributed by atoms with van der Waals surface area (Å²) in [5.74, 6) is -6.26. The van der Waals surface area contributed by atoms with Crippen LogP contribution >= 0.6 is 0 Å². The molecule has 0 spiro atoms. The summed E-state index contributed by atoms with van der Waals surface area (Å²) in [5, 5.41) is 63.8. The van der Waals surface area contributed by atoms with E-state index in [-0.39, 0.29) is 62.4 Å². The highest BCUT2D eigenvalue weighted by Crippen LogP contribution is 2.28. The van der Waals surface area contributed by atoms with Crippen LogP contribution in [0.1, 0.15) is 74.7 Å². The van der Waals surface area contributed by atoms with Crippen LogP contribution in [0.25, 0.3) is 0 Å². The van der Waals surface area contributed by atoms with Crippen LogP contribution in [0, 0.1) is 26.1 Å². The Morgan fingerprint density at radius 3 is 1.64 bits per heavy atom. The lowest BCUT2D eigenvalue weighted by Gasteiger charge is -2.28. The standard InChI is InChI=1S/C48H69N13O13/c1-3-29(2)41(59-42(64)32-15-7-8-16-33(32)51)48(70)55-36(18-10-12-22-50)44(66)54-35(17-9-11-21-49)45(67)57-39(28-63)47(69)58-38(27-62)46(68)56-37(25-30-13-5-4-6-14-30)43(65)53-24-23-52-34-20-19-31(60(71)72)26-40(34)61(73)74/h4-8,13-16,19-20,26,29,35-39,41,52,62-63H,3,9-12,17-18,21-25,27-28,49-51H2,1-2H3,(H,53,65)(H,54,66)(H,55,70)(H,56,68)(H,57,67)(H,58,69)(H,59,64)/t29-,35-,36-,37-,38-,39-,41-/m0/s1. The number of nitro groups is 2. The average Bonchev–Trinajstić information content (AvgIpc) is 3.38. The molecule has 3 aromatic rings. The molecule has 0 bridgehead atoms. The molecule has 0 radical (unpaired) electrons. The molecular weight excluding hydrogens is 967 g/mol. The Kier molecular flexibility index (Phi) is 25.8. The second kappa shape index (κ2) is 31.6. The highest BCUT2D eigenvalue weighted by atomic mass is 16.6. The molecule has 16 N–H and O–H groups in total. The minimum Gasteiger partial charge on any atom is -0.398 e. The number of carbonyl (C=O) groups excluding carboxylic acids is 7. The van der Waals surface area contributed by atoms with E-state index in [9.17, 15) is 64.0 Å². The van der Waals surface area contributed by atoms with Crippen molar-refractivity contribution in [1.29, 1.82) is 0 Å². The highest BCUT2D eigenvalue weighted by Gasteiger charge is 2.34. The summed E-state index contributed by atoms with van der Waals surface area (Å²) in [7, 11) is 0. The molecule has 0 unspecified atom stereocenters. The molecule has 3 rings (SSSR count). The molecule has 3 aromatic carbocycles. The van der Waals surface area contributed by atoms with E-state index in [1.165, 1.54) is 6.07 Å². The zero-order valence-electron chi connectivity index (χ0n) is 41.4. The van der Waals surface area contributed by atoms with Gasteiger partial charge in [-0.3, -0.25) is 53.8 Å². The van der Waals surface area contributed by atoms with E-state index in [1.807, 2.05) is 6.92 Å². The van der Waals surface area contributed by atoms with Gasteiger partial charge < -0.3 is 69.9 Å². The fourth-order valence-electron chi connectivity index (χ4n) is 7.39. The zero-order valence-corrected chi connectivity index (χ0v) is 41.4. The first-order chi connectivity index (χ1) is 35.4. The molecule has 0 aliphatic rings. The Labute approximate surface area is 427 Å². The van der Waals surface area contributed by atoms with Crippen LogP contribution in [-0.2, 0) is 35.2 Å². The number of nitrogens with two attached hydrogens (primary N) is 3. The quantitative estimate of drug-likeness (QED) is 0.0156. The zero-order chi connectivity index (χ0) is 54.7. The summed E-state index contributed by atoms with van der Waals surface area (Å²) in [6, 6.07) is 9.37. The number of nitro benzene ring substituents is 2. The summed E-state index contributed by atoms with van der Waals surface area (Å²) in [6.45, 7) is 1.86. The number of nitrogens with one attached hydrogen (secondary N) is 8. The van der Waals surface area contributed by atoms with Gasteiger partial charge in [-0.25, -0.2) is 0 Å². The molecule has 0 aliphatic heterocycles. The number of hydrogen-bond donors (Lipinski definition) is 13. The average molecular weight is 1040 g/mol. The number of aliphatic hydroxyl groups is 2. The minimum absolute atomic E-state index is 0.00161. The van der Waals surface area contributed by atoms with Crippen molar-refractivity contribution in [3.63, 3.8) is 0 Å². The molecule has 0 heterocycles. The number of aliphatic hydroxyl groups excluding tert-OH is 2. The van der Waals surface area contributed by atoms with Crippen LogP contribution in [0.5, 0.6) is 0 Å². The normalized spacial score (nSPS) is 13.8. The SMILES string of the molecule is CC[C@H](C)[C@H](NC(=O)c1ccccc1N)C(=O)N[C@@H](CCCCN)C(=O)N[C@@H](CCCCN)C(=O)N[C@@H](CO)C(=O)N[C@@H](CO)C(=O)N[C@@H](Cc1ccccc1)C(=O)NCCNc1ccc([N+](=O)[O-])cc1[N+](=O)[O-]. The topological polar surface area (TPSA) is 421 Å². The summed E-state index contributed by atoms with van der Waals surface area (Å²) in [5.41, 5.74) is 17.3. The highest BCUT2D eigenvalue weighted by molar-refractivity contribution is 6.02. The number of carbonyl (C=O) groups is 7. The van der Waals surface area contributed by atoms with Crippen molar-refractivity contribution in [3.8, 4) is 0 Å². The summed E-state index contributed by atoms with van der Waals surface area (Å²) in [4.78, 5) is 117. The molecule has 0 saturated carbocycles. The number of amides is 7. The molecule has 26 heteroatoms. The third kappa shape index (κ3) is 19.3. The summed E-state index contributed by atoms with van der Waals surface area (Å²) < 4.78 is 0. The number of benzene rings is 3. The van der Waals surface area contributed by atoms with E-state index in [4.69, 9.17) is 17.2 Å². The maximum Gasteiger partial charge on any atom is 0.299 e. The summed E-state index contributed by atoms with van der Waals surface area (Å²) >= 11 is 0. The number of para-hydroxylation sites is 1. The first-order valence-corrected chi connectivity index (χ1v) is 24.2. The van der Waals surface area contributed by atoms with Gasteiger partial charge in [-0.1, -0.05) is 62.7 Å². The van der Waals surface area contributed by atoms with Crippen LogP contribution in [-0.4, -0.2) is 137 Å². The molecule has 0 saturated heterocycles. The minimum atomic E-state index is -1.74. The van der Waals surface area contributed by atoms with Crippen molar-refractivity contribution in [2.24, 2.45) is 17.4 Å². The van der Waals surface area contributed by atoms with Crippen molar-refractivity contribution >= 4 is 64.1 Å². The molecule has 0 aromatic heterocycles. The van der Waals surface area contributed by atoms with E-state index in [0.717, 1.165) is 18.2 Å². The van der Waals surface area contributed by atoms with Crippen LogP contribution in [0.4, 0.5) is 22.7 Å². The van der Waals surface area contributed by atoms with E-state index in [2.05, 4.69) is 42.5 Å². The van der Waals surface area contributed by atoms with Crippen molar-refractivity contribution in [1.82, 2.24) is 37.2 Å². The smallest absolute Gasteiger partial charge is 0.299 e. The fraction of sp³-hybridized carbons (Fsp3) is 0.479. The number of unbranched alkanes of at least 4 members (excludes halogenated alkanes) is 2. The number of rotatable bonds is 33. The number of anilines is 2. The predicted molar refractivity (Wildman–Crippen MR) is 273 cm³/mol. The maximum atomic E-state index is 14.0. The number of hydrogen-bond acceptors (Lipinski definition) is 17. The number of nitrogen functional groups attached to an aromatic ring is 1. The predicted octanol–water partition coefficient (Wildman–Crippen LogP) is -0.633. The van der Waals surface area contributed by atoms with Crippen LogP contribution in [0.15, 0.2) is 72.8 Å². The Morgan fingerprint density at radius 2 is 1.12 bits per heavy atom. The molecule has 404 valence electrons. The lowest BCUT2D eigenvalue weighted by molar-refractivity contribution is -0.393. The first kappa shape index (κ1) is 60.5. The van der Waals surface area contributed by atoms with Crippen molar-refractivity contribution < 1.29 is 53.6 Å². The second-order valence-electron chi connectivity index (χ2n) is 17.3. The first-order valence-electron chi connectivity index (χ1n) is 24.2. The van der Waals surface area contributed by atoms with Gasteiger partial charge in [0.25, 0.3) is 17.3 Å². The van der Waals surface area contributed by atoms with E-state index >= 15 is 0 Å². The maximum absolute atomic E-state index is 14.0. The Morgan fingerprint density at radius 1 is 0.608 bits per heavy atom. The van der Waals surface area contributed by atoms with Gasteiger partial charge in [0, 0.05) is 31.3 Å². The molecular formula is C48H69N13O13. The van der Waals surface area contributed by atoms with Crippen LogP contribution in [0.3, 0.4) is 0 Å². The molecule has 7 amide bonds. The van der Waals surface area contributed by atoms with E-state index in [1.54, 1.807) is 55.5 Å². The fourth-order valence-corrected chi connectivity index (χ4v) is 7.39. The number of non-ortho nitro benzene ring substituents is 1. The molecule has 0 fully saturated rings. The van der Waals surface area contributed by atoms with Crippen molar-refractivity contribution in [3.05, 3.63) is 104 Å². The van der Waals surface area contributed by atoms with Crippen LogP contribution in [0.2, 0.25) is 0 Å². The lowest BCUT2D eigenvalue weighted by Crippen LogP contribution is -2.61. The van der Waals surface area contributed by atoms with Crippen molar-refractivity contribution in [2.45, 2.75) is 101 Å². The van der Waals surface area contributed by atoms with Gasteiger partial charge in [-0.2, -0.15) is 0 Å². The third-order valence-electron chi connectivity index (χ3n) is 11.8. The van der Waals surface area contributed by atoms with Gasteiger partial charge >= 0.3 is 0 Å². The van der Waals surface area contributed by atoms with E-state index in [0.29, 0.717) is 37.7 Å². The van der Waals surface area contributed by atoms with Gasteiger partial charge in [0.15, 0.2) is 0 Å². The monoisotopic (exact) mass is 1040 g/mol. The second-order valence-corrected chi connectivity index (χ2v) is 17.3. The van der Waals surface area contributed by atoms with Gasteiger partial charge in [-0.05, 0) is 81.3 Å². The Bertz CT molecular complexity index is 2380. The molecule has 0 aliphatic carbocycles. The van der Waals surface area contributed by atoms with Crippen LogP contribution < -0.4 is 59.7 Å². The Balaban J connectivity index is 1.74. The number of nitrogens with zero attached hydrogens (tertiary/aromatic N) is 2.